The molecule has 0 aromatic heterocycles. The van der Waals surface area contributed by atoms with E-state index >= 15 is 0 Å². The van der Waals surface area contributed by atoms with Gasteiger partial charge in [-0.25, -0.2) is 0 Å². The average molecular weight is 348 g/mol. The molecule has 0 saturated heterocycles. The zero-order valence-corrected chi connectivity index (χ0v) is 18.3. The fourth-order valence-electron chi connectivity index (χ4n) is 0. The van der Waals surface area contributed by atoms with E-state index in [1.165, 1.54) is 0 Å². The van der Waals surface area contributed by atoms with E-state index in [-0.39, 0.29) is 71.4 Å². The zero-order chi connectivity index (χ0) is 16.3. The van der Waals surface area contributed by atoms with Crippen LogP contribution >= 0.6 is 0 Å². The summed E-state index contributed by atoms with van der Waals surface area (Å²) in [7, 11) is 0. The van der Waals surface area contributed by atoms with E-state index in [2.05, 4.69) is 13.2 Å². The van der Waals surface area contributed by atoms with Crippen LogP contribution in [0.1, 0.15) is 27.7 Å². The van der Waals surface area contributed by atoms with E-state index < -0.39 is 23.9 Å². The molecule has 0 aliphatic rings. The Morgan fingerprint density at radius 3 is 0.545 bits per heavy atom. The molecule has 0 bridgehead atoms. The number of carboxylic acid groups (broad SMARTS) is 4. The Balaban J connectivity index is -0.0000000133. The predicted molar refractivity (Wildman–Crippen MR) is 74.5 cm³/mol. The minimum absolute atomic E-state index is 0. The molecule has 0 aromatic rings. The molecule has 0 atom stereocenters. The van der Waals surface area contributed by atoms with Gasteiger partial charge in [-0.1, -0.05) is 0 Å². The molecular weight excluding hydrogens is 322 g/mol. The molecule has 0 heterocycles. The Morgan fingerprint density at radius 2 is 0.545 bits per heavy atom. The molecule has 12 heteroatoms. The largest absolute Gasteiger partial charge is 1.00 e. The molecule has 22 heavy (non-hydrogen) atoms. The first-order valence-corrected chi connectivity index (χ1v) is 4.21. The van der Waals surface area contributed by atoms with Gasteiger partial charge in [0.25, 0.3) is 23.9 Å². The smallest absolute Gasteiger partial charge is 0.481 e. The van der Waals surface area contributed by atoms with E-state index in [1.807, 2.05) is 0 Å². The summed E-state index contributed by atoms with van der Waals surface area (Å²) in [5, 5.41) is 29.7. The van der Waals surface area contributed by atoms with Crippen LogP contribution < -0.4 is 71.4 Å². The van der Waals surface area contributed by atoms with E-state index in [0.717, 1.165) is 27.7 Å². The van der Waals surface area contributed by atoms with Gasteiger partial charge in [0, 0.05) is 27.7 Å². The van der Waals surface area contributed by atoms with Crippen molar-refractivity contribution in [3.8, 4) is 0 Å². The van der Waals surface area contributed by atoms with Gasteiger partial charge in [0.2, 0.25) is 0 Å². The van der Waals surface area contributed by atoms with Gasteiger partial charge in [0.15, 0.2) is 0 Å². The van der Waals surface area contributed by atoms with Crippen LogP contribution in [0.15, 0.2) is 13.2 Å². The monoisotopic (exact) mass is 348 g/mol. The van der Waals surface area contributed by atoms with Gasteiger partial charge >= 0.3 is 59.1 Å². The third kappa shape index (κ3) is 31700. The maximum absolute atomic E-state index is 9.00. The fourth-order valence-corrected chi connectivity index (χ4v) is 0. The summed E-state index contributed by atoms with van der Waals surface area (Å²) in [6, 6.07) is 0. The van der Waals surface area contributed by atoms with Crippen molar-refractivity contribution in [3.63, 3.8) is 0 Å². The first kappa shape index (κ1) is 57.8. The Labute approximate surface area is 174 Å². The van der Waals surface area contributed by atoms with Crippen LogP contribution in [-0.2, 0) is 19.2 Å². The molecule has 10 nitrogen and oxygen atoms in total. The second-order valence-electron chi connectivity index (χ2n) is 2.08. The van der Waals surface area contributed by atoms with Crippen LogP contribution in [0.25, 0.3) is 0 Å². The van der Waals surface area contributed by atoms with Crippen LogP contribution in [0.3, 0.4) is 0 Å². The summed E-state index contributed by atoms with van der Waals surface area (Å²) in [5.41, 5.74) is 0. The SMILES string of the molecule is C=C.CC(=O)O.CC(=O)O.CC(=O)O.CC(=O)O.N.N.[Na+].[Na+]. The van der Waals surface area contributed by atoms with Gasteiger partial charge in [0.1, 0.15) is 0 Å². The summed E-state index contributed by atoms with van der Waals surface area (Å²) in [6.07, 6.45) is 0. The molecule has 0 rings (SSSR count). The van der Waals surface area contributed by atoms with Crippen molar-refractivity contribution < 1.29 is 98.7 Å². The van der Waals surface area contributed by atoms with Gasteiger partial charge in [-0.05, 0) is 0 Å². The van der Waals surface area contributed by atoms with Crippen LogP contribution in [0.5, 0.6) is 0 Å². The third-order valence-electron chi connectivity index (χ3n) is 0. The van der Waals surface area contributed by atoms with Crippen molar-refractivity contribution in [1.29, 1.82) is 0 Å². The molecule has 0 aliphatic carbocycles. The summed E-state index contributed by atoms with van der Waals surface area (Å²) >= 11 is 0. The van der Waals surface area contributed by atoms with Gasteiger partial charge in [0.05, 0.1) is 0 Å². The number of hydrogen-bond donors (Lipinski definition) is 6. The molecule has 0 unspecified atom stereocenters. The fraction of sp³-hybridized carbons (Fsp3) is 0.400. The number of rotatable bonds is 0. The minimum atomic E-state index is -0.833. The maximum Gasteiger partial charge on any atom is 1.00 e. The van der Waals surface area contributed by atoms with E-state index in [0.29, 0.717) is 0 Å². The molecule has 0 aliphatic heterocycles. The van der Waals surface area contributed by atoms with Crippen LogP contribution in [0.2, 0.25) is 0 Å². The van der Waals surface area contributed by atoms with Gasteiger partial charge in [-0.3, -0.25) is 19.2 Å². The van der Waals surface area contributed by atoms with E-state index in [4.69, 9.17) is 39.6 Å². The third-order valence-corrected chi connectivity index (χ3v) is 0. The topological polar surface area (TPSA) is 219 Å². The van der Waals surface area contributed by atoms with Crippen molar-refractivity contribution >= 4 is 23.9 Å². The first-order chi connectivity index (χ1) is 7.93. The van der Waals surface area contributed by atoms with E-state index in [1.54, 1.807) is 0 Å². The summed E-state index contributed by atoms with van der Waals surface area (Å²) in [5.74, 6) is -3.33. The molecule has 10 N–H and O–H groups in total. The molecule has 0 radical (unpaired) electrons. The number of carboxylic acids is 4. The van der Waals surface area contributed by atoms with Crippen molar-refractivity contribution in [2.75, 3.05) is 0 Å². The molecule has 124 valence electrons. The van der Waals surface area contributed by atoms with Crippen molar-refractivity contribution in [3.05, 3.63) is 13.2 Å². The summed E-state index contributed by atoms with van der Waals surface area (Å²) in [4.78, 5) is 36.0. The number of aliphatic carboxylic acids is 4. The Hall–Kier alpha value is -0.460. The van der Waals surface area contributed by atoms with Gasteiger partial charge in [-0.2, -0.15) is 0 Å². The zero-order valence-electron chi connectivity index (χ0n) is 14.3. The predicted octanol–water partition coefficient (Wildman–Crippen LogP) is -4.50. The second-order valence-corrected chi connectivity index (χ2v) is 2.08. The molecule has 0 spiro atoms. The Kier molecular flexibility index (Phi) is 155. The molecule has 0 fully saturated rings. The van der Waals surface area contributed by atoms with Crippen molar-refractivity contribution in [1.82, 2.24) is 12.3 Å². The standard InChI is InChI=1S/4C2H4O2.C2H4.2H3N.2Na/c4*1-2(3)4;1-2;;;;/h4*1H3,(H,3,4);1-2H2;2*1H3;;/q;;;;;;;2*+1. The molecule has 0 aromatic carbocycles. The molecular formula is C10H26N2Na2O8+2. The van der Waals surface area contributed by atoms with Crippen molar-refractivity contribution in [2.45, 2.75) is 27.7 Å². The van der Waals surface area contributed by atoms with Crippen molar-refractivity contribution in [2.24, 2.45) is 0 Å². The minimum Gasteiger partial charge on any atom is -0.481 e. The Morgan fingerprint density at radius 1 is 0.545 bits per heavy atom. The summed E-state index contributed by atoms with van der Waals surface area (Å²) < 4.78 is 0. The maximum atomic E-state index is 9.00. The van der Waals surface area contributed by atoms with Crippen LogP contribution in [-0.4, -0.2) is 44.3 Å². The molecule has 0 amide bonds. The summed E-state index contributed by atoms with van der Waals surface area (Å²) in [6.45, 7) is 10.3. The van der Waals surface area contributed by atoms with Crippen LogP contribution in [0.4, 0.5) is 0 Å². The second kappa shape index (κ2) is 58.9. The normalized spacial score (nSPS) is 4.73. The van der Waals surface area contributed by atoms with Gasteiger partial charge < -0.3 is 32.7 Å². The van der Waals surface area contributed by atoms with Gasteiger partial charge in [-0.15, -0.1) is 13.2 Å². The molecule has 0 saturated carbocycles. The van der Waals surface area contributed by atoms with Crippen LogP contribution in [0, 0.1) is 0 Å². The average Bonchev–Trinajstić information content (AvgIpc) is 2.01. The Bertz CT molecular complexity index is 189. The first-order valence-electron chi connectivity index (χ1n) is 4.21. The number of hydrogen-bond acceptors (Lipinski definition) is 6. The number of carbonyl (C=O) groups is 4. The van der Waals surface area contributed by atoms with E-state index in [9.17, 15) is 0 Å². The quantitative estimate of drug-likeness (QED) is 0.182.